The van der Waals surface area contributed by atoms with Gasteiger partial charge in [-0.15, -0.1) is 0 Å². The van der Waals surface area contributed by atoms with E-state index in [0.717, 1.165) is 19.4 Å². The molecule has 1 unspecified atom stereocenters. The maximum atomic E-state index is 9.45. The lowest BCUT2D eigenvalue weighted by atomic mass is 9.82. The molecule has 0 bridgehead atoms. The topological polar surface area (TPSA) is 23.5 Å². The van der Waals surface area contributed by atoms with Crippen molar-refractivity contribution >= 4 is 0 Å². The van der Waals surface area contributed by atoms with Gasteiger partial charge in [-0.1, -0.05) is 20.8 Å². The highest BCUT2D eigenvalue weighted by molar-refractivity contribution is 4.80. The number of hydrogen-bond donors (Lipinski definition) is 1. The van der Waals surface area contributed by atoms with Crippen molar-refractivity contribution in [2.75, 3.05) is 20.2 Å². The van der Waals surface area contributed by atoms with Crippen LogP contribution in [0.1, 0.15) is 47.0 Å². The fourth-order valence-electron chi connectivity index (χ4n) is 1.74. The van der Waals surface area contributed by atoms with Gasteiger partial charge in [0.2, 0.25) is 0 Å². The first kappa shape index (κ1) is 13.9. The Labute approximate surface area is 89.3 Å². The van der Waals surface area contributed by atoms with Crippen LogP contribution in [0.2, 0.25) is 0 Å². The lowest BCUT2D eigenvalue weighted by Crippen LogP contribution is -2.41. The minimum absolute atomic E-state index is 0.109. The Morgan fingerprint density at radius 3 is 2.00 bits per heavy atom. The smallest absolute Gasteiger partial charge is 0.0499 e. The highest BCUT2D eigenvalue weighted by atomic mass is 16.3. The molecule has 0 saturated carbocycles. The van der Waals surface area contributed by atoms with Crippen molar-refractivity contribution in [2.24, 2.45) is 5.41 Å². The van der Waals surface area contributed by atoms with Crippen LogP contribution < -0.4 is 0 Å². The second kappa shape index (κ2) is 6.41. The lowest BCUT2D eigenvalue weighted by molar-refractivity contribution is 0.0618. The number of hydrogen-bond acceptors (Lipinski definition) is 2. The summed E-state index contributed by atoms with van der Waals surface area (Å²) >= 11 is 0. The molecular weight excluding hydrogens is 174 g/mol. The molecule has 0 radical (unpaired) electrons. The third kappa shape index (κ3) is 3.58. The molecular formula is C12H27NO. The van der Waals surface area contributed by atoms with E-state index in [1.807, 2.05) is 0 Å². The minimum atomic E-state index is 0.109. The summed E-state index contributed by atoms with van der Waals surface area (Å²) in [4.78, 5) is 2.36. The van der Waals surface area contributed by atoms with Crippen LogP contribution >= 0.6 is 0 Å². The molecule has 0 aliphatic rings. The van der Waals surface area contributed by atoms with Crippen molar-refractivity contribution in [1.82, 2.24) is 4.90 Å². The van der Waals surface area contributed by atoms with Crippen molar-refractivity contribution in [2.45, 2.75) is 53.0 Å². The van der Waals surface area contributed by atoms with Crippen molar-refractivity contribution in [3.63, 3.8) is 0 Å². The van der Waals surface area contributed by atoms with Gasteiger partial charge in [0.15, 0.2) is 0 Å². The normalized spacial score (nSPS) is 14.8. The molecule has 1 atom stereocenters. The van der Waals surface area contributed by atoms with Crippen LogP contribution in [-0.2, 0) is 0 Å². The number of rotatable bonds is 7. The zero-order valence-electron chi connectivity index (χ0n) is 10.5. The van der Waals surface area contributed by atoms with Gasteiger partial charge in [-0.2, -0.15) is 0 Å². The standard InChI is InChI=1S/C12H27NO/c1-6-11(4)13(5)9-12(7-2,8-3)10-14/h11,14H,6-10H2,1-5H3. The Balaban J connectivity index is 4.28. The fraction of sp³-hybridized carbons (Fsp3) is 1.00. The van der Waals surface area contributed by atoms with E-state index in [1.54, 1.807) is 0 Å². The monoisotopic (exact) mass is 201 g/mol. The lowest BCUT2D eigenvalue weighted by Gasteiger charge is -2.36. The Morgan fingerprint density at radius 2 is 1.71 bits per heavy atom. The van der Waals surface area contributed by atoms with Gasteiger partial charge in [0, 0.05) is 24.6 Å². The van der Waals surface area contributed by atoms with E-state index >= 15 is 0 Å². The fourth-order valence-corrected chi connectivity index (χ4v) is 1.74. The molecule has 0 rings (SSSR count). The van der Waals surface area contributed by atoms with Gasteiger partial charge in [0.25, 0.3) is 0 Å². The van der Waals surface area contributed by atoms with E-state index in [9.17, 15) is 5.11 Å². The third-order valence-electron chi connectivity index (χ3n) is 3.76. The molecule has 0 aliphatic heterocycles. The highest BCUT2D eigenvalue weighted by Crippen LogP contribution is 2.27. The molecule has 86 valence electrons. The molecule has 0 heterocycles. The van der Waals surface area contributed by atoms with Gasteiger partial charge in [-0.3, -0.25) is 0 Å². The summed E-state index contributed by atoms with van der Waals surface area (Å²) in [7, 11) is 2.16. The van der Waals surface area contributed by atoms with Gasteiger partial charge >= 0.3 is 0 Å². The molecule has 2 heteroatoms. The van der Waals surface area contributed by atoms with Crippen LogP contribution in [0.3, 0.4) is 0 Å². The maximum absolute atomic E-state index is 9.45. The second-order valence-corrected chi connectivity index (χ2v) is 4.54. The third-order valence-corrected chi connectivity index (χ3v) is 3.76. The van der Waals surface area contributed by atoms with E-state index in [0.29, 0.717) is 12.6 Å². The molecule has 0 amide bonds. The van der Waals surface area contributed by atoms with E-state index in [2.05, 4.69) is 39.6 Å². The number of aliphatic hydroxyl groups is 1. The first-order valence-corrected chi connectivity index (χ1v) is 5.86. The summed E-state index contributed by atoms with van der Waals surface area (Å²) in [6.45, 7) is 10.1. The first-order chi connectivity index (χ1) is 6.55. The Kier molecular flexibility index (Phi) is 6.38. The zero-order chi connectivity index (χ0) is 11.2. The van der Waals surface area contributed by atoms with Crippen LogP contribution in [0.15, 0.2) is 0 Å². The molecule has 0 aromatic rings. The summed E-state index contributed by atoms with van der Waals surface area (Å²) in [6.07, 6.45) is 3.28. The summed E-state index contributed by atoms with van der Waals surface area (Å²) in [5.41, 5.74) is 0.109. The molecule has 0 saturated heterocycles. The average Bonchev–Trinajstić information content (AvgIpc) is 2.24. The van der Waals surface area contributed by atoms with Gasteiger partial charge in [0.1, 0.15) is 0 Å². The van der Waals surface area contributed by atoms with Crippen molar-refractivity contribution in [3.8, 4) is 0 Å². The van der Waals surface area contributed by atoms with Gasteiger partial charge in [-0.05, 0) is 33.2 Å². The van der Waals surface area contributed by atoms with Gasteiger partial charge in [-0.25, -0.2) is 0 Å². The van der Waals surface area contributed by atoms with E-state index < -0.39 is 0 Å². The van der Waals surface area contributed by atoms with Gasteiger partial charge in [0.05, 0.1) is 0 Å². The molecule has 14 heavy (non-hydrogen) atoms. The largest absolute Gasteiger partial charge is 0.396 e. The summed E-state index contributed by atoms with van der Waals surface area (Å²) in [6, 6.07) is 0.610. The first-order valence-electron chi connectivity index (χ1n) is 5.86. The van der Waals surface area contributed by atoms with Gasteiger partial charge < -0.3 is 10.0 Å². The van der Waals surface area contributed by atoms with Crippen LogP contribution in [0.5, 0.6) is 0 Å². The molecule has 2 nitrogen and oxygen atoms in total. The SMILES string of the molecule is CCC(C)N(C)CC(CC)(CC)CO. The van der Waals surface area contributed by atoms with Crippen molar-refractivity contribution in [3.05, 3.63) is 0 Å². The Bertz CT molecular complexity index is 135. The second-order valence-electron chi connectivity index (χ2n) is 4.54. The van der Waals surface area contributed by atoms with E-state index in [1.165, 1.54) is 6.42 Å². The average molecular weight is 201 g/mol. The van der Waals surface area contributed by atoms with Crippen LogP contribution in [-0.4, -0.2) is 36.2 Å². The maximum Gasteiger partial charge on any atom is 0.0499 e. The molecule has 0 aliphatic carbocycles. The number of aliphatic hydroxyl groups excluding tert-OH is 1. The van der Waals surface area contributed by atoms with Crippen molar-refractivity contribution in [1.29, 1.82) is 0 Å². The van der Waals surface area contributed by atoms with Crippen LogP contribution in [0.4, 0.5) is 0 Å². The van der Waals surface area contributed by atoms with Crippen LogP contribution in [0.25, 0.3) is 0 Å². The summed E-state index contributed by atoms with van der Waals surface area (Å²) < 4.78 is 0. The summed E-state index contributed by atoms with van der Waals surface area (Å²) in [5, 5.41) is 9.45. The Morgan fingerprint density at radius 1 is 1.21 bits per heavy atom. The van der Waals surface area contributed by atoms with Crippen LogP contribution in [0, 0.1) is 5.41 Å². The highest BCUT2D eigenvalue weighted by Gasteiger charge is 2.27. The molecule has 0 aromatic carbocycles. The molecule has 0 aromatic heterocycles. The quantitative estimate of drug-likeness (QED) is 0.684. The number of nitrogens with zero attached hydrogens (tertiary/aromatic N) is 1. The van der Waals surface area contributed by atoms with E-state index in [4.69, 9.17) is 0 Å². The van der Waals surface area contributed by atoms with Crippen molar-refractivity contribution < 1.29 is 5.11 Å². The molecule has 1 N–H and O–H groups in total. The summed E-state index contributed by atoms with van der Waals surface area (Å²) in [5.74, 6) is 0. The predicted molar refractivity (Wildman–Crippen MR) is 62.5 cm³/mol. The Hall–Kier alpha value is -0.0800. The van der Waals surface area contributed by atoms with E-state index in [-0.39, 0.29) is 5.41 Å². The zero-order valence-corrected chi connectivity index (χ0v) is 10.5. The predicted octanol–water partition coefficient (Wildman–Crippen LogP) is 2.52. The molecule has 0 fully saturated rings. The minimum Gasteiger partial charge on any atom is -0.396 e. The molecule has 0 spiro atoms.